The highest BCUT2D eigenvalue weighted by Crippen LogP contribution is 2.26. The van der Waals surface area contributed by atoms with Gasteiger partial charge in [-0.05, 0) is 59.7 Å². The van der Waals surface area contributed by atoms with Gasteiger partial charge in [-0.1, -0.05) is 36.0 Å². The van der Waals surface area contributed by atoms with Gasteiger partial charge in [0.15, 0.2) is 6.61 Å². The van der Waals surface area contributed by atoms with Crippen LogP contribution in [0.2, 0.25) is 0 Å². The van der Waals surface area contributed by atoms with Crippen molar-refractivity contribution in [1.29, 1.82) is 5.26 Å². The lowest BCUT2D eigenvalue weighted by Crippen LogP contribution is -2.20. The standard InChI is InChI=1S/C22H16F2N2O2S/c23-22(24)29-20-11-7-18(8-12-20)26-21(27)14-28-19-9-5-17(6-10-19)16-3-1-15(13-25)2-4-16/h1-12,22H,14H2,(H,26,27). The van der Waals surface area contributed by atoms with Crippen LogP contribution in [-0.2, 0) is 4.79 Å². The molecule has 29 heavy (non-hydrogen) atoms. The van der Waals surface area contributed by atoms with E-state index in [9.17, 15) is 13.6 Å². The monoisotopic (exact) mass is 410 g/mol. The summed E-state index contributed by atoms with van der Waals surface area (Å²) in [5.74, 6) is -2.29. The van der Waals surface area contributed by atoms with Crippen molar-refractivity contribution in [3.63, 3.8) is 0 Å². The number of nitriles is 1. The smallest absolute Gasteiger partial charge is 0.288 e. The van der Waals surface area contributed by atoms with Crippen molar-refractivity contribution in [2.45, 2.75) is 10.7 Å². The lowest BCUT2D eigenvalue weighted by Gasteiger charge is -2.09. The summed E-state index contributed by atoms with van der Waals surface area (Å²) in [6.07, 6.45) is 0. The van der Waals surface area contributed by atoms with Crippen LogP contribution < -0.4 is 10.1 Å². The van der Waals surface area contributed by atoms with Gasteiger partial charge in [-0.15, -0.1) is 0 Å². The van der Waals surface area contributed by atoms with E-state index in [0.29, 0.717) is 33.7 Å². The van der Waals surface area contributed by atoms with Crippen LogP contribution in [0.5, 0.6) is 5.75 Å². The molecular formula is C22H16F2N2O2S. The Morgan fingerprint density at radius 3 is 2.10 bits per heavy atom. The first kappa shape index (κ1) is 20.4. The van der Waals surface area contributed by atoms with E-state index >= 15 is 0 Å². The number of alkyl halides is 2. The molecule has 0 saturated heterocycles. The third-order valence-corrected chi connectivity index (χ3v) is 4.66. The average molecular weight is 410 g/mol. The first-order valence-electron chi connectivity index (χ1n) is 8.61. The highest BCUT2D eigenvalue weighted by molar-refractivity contribution is 7.99. The molecule has 0 unspecified atom stereocenters. The maximum Gasteiger partial charge on any atom is 0.288 e. The minimum atomic E-state index is -2.48. The zero-order chi connectivity index (χ0) is 20.6. The van der Waals surface area contributed by atoms with E-state index < -0.39 is 5.76 Å². The van der Waals surface area contributed by atoms with Crippen LogP contribution in [0, 0.1) is 11.3 Å². The lowest BCUT2D eigenvalue weighted by molar-refractivity contribution is -0.118. The molecule has 0 aliphatic carbocycles. The molecule has 0 saturated carbocycles. The van der Waals surface area contributed by atoms with Crippen molar-refractivity contribution in [1.82, 2.24) is 0 Å². The van der Waals surface area contributed by atoms with E-state index in [4.69, 9.17) is 10.00 Å². The first-order chi connectivity index (χ1) is 14.0. The van der Waals surface area contributed by atoms with Gasteiger partial charge in [0.1, 0.15) is 5.75 Å². The van der Waals surface area contributed by atoms with Gasteiger partial charge in [-0.2, -0.15) is 14.0 Å². The molecule has 4 nitrogen and oxygen atoms in total. The van der Waals surface area contributed by atoms with Crippen molar-refractivity contribution in [2.75, 3.05) is 11.9 Å². The maximum atomic E-state index is 12.3. The predicted molar refractivity (Wildman–Crippen MR) is 109 cm³/mol. The summed E-state index contributed by atoms with van der Waals surface area (Å²) in [5, 5.41) is 11.5. The summed E-state index contributed by atoms with van der Waals surface area (Å²) in [6, 6.07) is 22.8. The van der Waals surface area contributed by atoms with Crippen molar-refractivity contribution < 1.29 is 18.3 Å². The largest absolute Gasteiger partial charge is 0.484 e. The van der Waals surface area contributed by atoms with Gasteiger partial charge in [0.05, 0.1) is 11.6 Å². The van der Waals surface area contributed by atoms with E-state index in [1.165, 1.54) is 12.1 Å². The fourth-order valence-electron chi connectivity index (χ4n) is 2.55. The molecule has 3 aromatic carbocycles. The van der Waals surface area contributed by atoms with Gasteiger partial charge < -0.3 is 10.1 Å². The number of amides is 1. The molecule has 146 valence electrons. The quantitative estimate of drug-likeness (QED) is 0.518. The van der Waals surface area contributed by atoms with E-state index in [1.807, 2.05) is 24.3 Å². The van der Waals surface area contributed by atoms with Crippen LogP contribution in [0.4, 0.5) is 14.5 Å². The Balaban J connectivity index is 1.51. The van der Waals surface area contributed by atoms with Crippen LogP contribution in [0.1, 0.15) is 5.56 Å². The van der Waals surface area contributed by atoms with Crippen molar-refractivity contribution in [2.24, 2.45) is 0 Å². The summed E-state index contributed by atoms with van der Waals surface area (Å²) in [6.45, 7) is -0.177. The molecule has 0 radical (unpaired) electrons. The fourth-order valence-corrected chi connectivity index (χ4v) is 3.05. The number of rotatable bonds is 7. The molecule has 1 amide bonds. The molecule has 3 aromatic rings. The van der Waals surface area contributed by atoms with Crippen LogP contribution in [0.15, 0.2) is 77.7 Å². The Morgan fingerprint density at radius 1 is 0.966 bits per heavy atom. The van der Waals surface area contributed by atoms with Crippen LogP contribution in [0.25, 0.3) is 11.1 Å². The maximum absolute atomic E-state index is 12.3. The fraction of sp³-hybridized carbons (Fsp3) is 0.0909. The first-order valence-corrected chi connectivity index (χ1v) is 9.49. The van der Waals surface area contributed by atoms with Gasteiger partial charge >= 0.3 is 0 Å². The third kappa shape index (κ3) is 6.06. The summed E-state index contributed by atoms with van der Waals surface area (Å²) in [4.78, 5) is 12.4. The molecule has 3 rings (SSSR count). The second-order valence-electron chi connectivity index (χ2n) is 5.95. The molecule has 0 aliphatic rings. The number of hydrogen-bond donors (Lipinski definition) is 1. The minimum Gasteiger partial charge on any atom is -0.484 e. The van der Waals surface area contributed by atoms with E-state index in [1.54, 1.807) is 36.4 Å². The highest BCUT2D eigenvalue weighted by Gasteiger charge is 2.07. The van der Waals surface area contributed by atoms with Crippen LogP contribution in [0.3, 0.4) is 0 Å². The van der Waals surface area contributed by atoms with Crippen molar-refractivity contribution in [3.05, 3.63) is 78.4 Å². The second-order valence-corrected chi connectivity index (χ2v) is 7.02. The highest BCUT2D eigenvalue weighted by atomic mass is 32.2. The molecule has 0 heterocycles. The lowest BCUT2D eigenvalue weighted by atomic mass is 10.0. The minimum absolute atomic E-state index is 0.177. The Morgan fingerprint density at radius 2 is 1.55 bits per heavy atom. The molecule has 7 heteroatoms. The number of nitrogens with one attached hydrogen (secondary N) is 1. The summed E-state index contributed by atoms with van der Waals surface area (Å²) in [5.41, 5.74) is 3.05. The van der Waals surface area contributed by atoms with Crippen LogP contribution >= 0.6 is 11.8 Å². The third-order valence-electron chi connectivity index (χ3n) is 3.93. The molecule has 0 atom stereocenters. The number of hydrogen-bond acceptors (Lipinski definition) is 4. The molecule has 0 fully saturated rings. The molecule has 0 aromatic heterocycles. The summed E-state index contributed by atoms with van der Waals surface area (Å²) < 4.78 is 30.1. The van der Waals surface area contributed by atoms with Crippen LogP contribution in [-0.4, -0.2) is 18.3 Å². The summed E-state index contributed by atoms with van der Waals surface area (Å²) >= 11 is 0.450. The Labute approximate surface area is 171 Å². The Bertz CT molecular complexity index is 999. The van der Waals surface area contributed by atoms with Crippen molar-refractivity contribution >= 4 is 23.4 Å². The van der Waals surface area contributed by atoms with Gasteiger partial charge in [-0.3, -0.25) is 4.79 Å². The van der Waals surface area contributed by atoms with Gasteiger partial charge in [0, 0.05) is 10.6 Å². The molecule has 1 N–H and O–H groups in total. The van der Waals surface area contributed by atoms with Gasteiger partial charge in [0.2, 0.25) is 0 Å². The van der Waals surface area contributed by atoms with Gasteiger partial charge in [-0.25, -0.2) is 0 Å². The second kappa shape index (κ2) is 9.71. The molecule has 0 aliphatic heterocycles. The zero-order valence-electron chi connectivity index (χ0n) is 15.1. The SMILES string of the molecule is N#Cc1ccc(-c2ccc(OCC(=O)Nc3ccc(SC(F)F)cc3)cc2)cc1. The Hall–Kier alpha value is -3.37. The zero-order valence-corrected chi connectivity index (χ0v) is 16.0. The molecular weight excluding hydrogens is 394 g/mol. The van der Waals surface area contributed by atoms with E-state index in [-0.39, 0.29) is 12.5 Å². The topological polar surface area (TPSA) is 62.1 Å². The number of thioether (sulfide) groups is 1. The Kier molecular flexibility index (Phi) is 6.82. The normalized spacial score (nSPS) is 10.4. The predicted octanol–water partition coefficient (Wildman–Crippen LogP) is 5.56. The number of anilines is 1. The number of carbonyl (C=O) groups is 1. The number of carbonyl (C=O) groups excluding carboxylic acids is 1. The molecule has 0 bridgehead atoms. The summed E-state index contributed by atoms with van der Waals surface area (Å²) in [7, 11) is 0. The number of nitrogens with zero attached hydrogens (tertiary/aromatic N) is 1. The number of ether oxygens (including phenoxy) is 1. The van der Waals surface area contributed by atoms with E-state index in [0.717, 1.165) is 11.1 Å². The van der Waals surface area contributed by atoms with E-state index in [2.05, 4.69) is 11.4 Å². The number of benzene rings is 3. The average Bonchev–Trinajstić information content (AvgIpc) is 2.74. The van der Waals surface area contributed by atoms with Gasteiger partial charge in [0.25, 0.3) is 11.7 Å². The number of halogens is 2. The van der Waals surface area contributed by atoms with Crippen molar-refractivity contribution in [3.8, 4) is 22.9 Å². The molecule has 0 spiro atoms.